The van der Waals surface area contributed by atoms with Crippen LogP contribution in [0.1, 0.15) is 68.0 Å². The Morgan fingerprint density at radius 3 is 2.65 bits per heavy atom. The molecule has 2 aliphatic heterocycles. The van der Waals surface area contributed by atoms with E-state index < -0.39 is 11.7 Å². The van der Waals surface area contributed by atoms with Crippen LogP contribution in [0.3, 0.4) is 0 Å². The molecule has 31 heavy (non-hydrogen) atoms. The van der Waals surface area contributed by atoms with Gasteiger partial charge < -0.3 is 19.7 Å². The molecule has 3 heterocycles. The fourth-order valence-electron chi connectivity index (χ4n) is 5.61. The second-order valence-electron chi connectivity index (χ2n) is 9.91. The van der Waals surface area contributed by atoms with Gasteiger partial charge in [-0.1, -0.05) is 35.5 Å². The van der Waals surface area contributed by atoms with E-state index in [1.807, 2.05) is 26.8 Å². The molecule has 0 spiro atoms. The van der Waals surface area contributed by atoms with Crippen molar-refractivity contribution in [3.63, 3.8) is 0 Å². The van der Waals surface area contributed by atoms with E-state index in [2.05, 4.69) is 41.7 Å². The van der Waals surface area contributed by atoms with Crippen LogP contribution in [0.15, 0.2) is 34.9 Å². The standard InChI is InChI=1S/C25H34N2O4/c1-16-21(17(2)30-27-16)12-22(28)26-15-19-10-11-24(3)13-20(18-8-6-5-7-9-18)14-25(4,31-24)23(19)29/h5-9,19-20,23,29H,10-15H2,1-4H3,(H,26,28)/t19-,20-,23-,24-,25-/m0/s1. The van der Waals surface area contributed by atoms with Gasteiger partial charge in [0, 0.05) is 18.0 Å². The molecule has 2 saturated heterocycles. The third kappa shape index (κ3) is 4.55. The van der Waals surface area contributed by atoms with Crippen molar-refractivity contribution in [2.24, 2.45) is 5.92 Å². The van der Waals surface area contributed by atoms with Gasteiger partial charge in [-0.15, -0.1) is 0 Å². The van der Waals surface area contributed by atoms with Crippen LogP contribution in [-0.4, -0.2) is 40.0 Å². The van der Waals surface area contributed by atoms with Crippen LogP contribution in [-0.2, 0) is 16.0 Å². The molecule has 4 rings (SSSR count). The SMILES string of the molecule is Cc1noc(C)c1CC(=O)NC[C@@H]1CC[C@@]2(C)C[C@H](c3ccccc3)C[C@](C)(O2)[C@H]1O. The van der Waals surface area contributed by atoms with Gasteiger partial charge in [0.15, 0.2) is 0 Å². The van der Waals surface area contributed by atoms with Gasteiger partial charge in [0.05, 0.1) is 29.4 Å². The number of hydrogen-bond donors (Lipinski definition) is 2. The number of aliphatic hydroxyl groups is 1. The summed E-state index contributed by atoms with van der Waals surface area (Å²) in [6.45, 7) is 8.31. The molecule has 2 fully saturated rings. The lowest BCUT2D eigenvalue weighted by Gasteiger charge is -2.49. The molecule has 6 nitrogen and oxygen atoms in total. The average Bonchev–Trinajstić information content (AvgIpc) is 3.02. The maximum absolute atomic E-state index is 12.6. The fourth-order valence-corrected chi connectivity index (χ4v) is 5.61. The molecule has 0 aliphatic carbocycles. The first kappa shape index (κ1) is 22.0. The van der Waals surface area contributed by atoms with Gasteiger partial charge in [-0.2, -0.15) is 0 Å². The normalized spacial score (nSPS) is 33.0. The third-order valence-electron chi connectivity index (χ3n) is 7.28. The third-order valence-corrected chi connectivity index (χ3v) is 7.28. The summed E-state index contributed by atoms with van der Waals surface area (Å²) < 4.78 is 11.7. The minimum Gasteiger partial charge on any atom is -0.390 e. The van der Waals surface area contributed by atoms with E-state index in [1.165, 1.54) is 5.56 Å². The van der Waals surface area contributed by atoms with Crippen LogP contribution in [0.4, 0.5) is 0 Å². The zero-order valence-corrected chi connectivity index (χ0v) is 19.0. The highest BCUT2D eigenvalue weighted by Gasteiger charge is 2.52. The van der Waals surface area contributed by atoms with Crippen molar-refractivity contribution in [1.29, 1.82) is 0 Å². The topological polar surface area (TPSA) is 84.6 Å². The van der Waals surface area contributed by atoms with Gasteiger partial charge >= 0.3 is 0 Å². The molecule has 0 unspecified atom stereocenters. The van der Waals surface area contributed by atoms with Crippen molar-refractivity contribution in [2.75, 3.05) is 6.54 Å². The molecular formula is C25H34N2O4. The number of benzene rings is 1. The molecule has 2 N–H and O–H groups in total. The first-order chi connectivity index (χ1) is 14.7. The monoisotopic (exact) mass is 426 g/mol. The summed E-state index contributed by atoms with van der Waals surface area (Å²) in [7, 11) is 0. The van der Waals surface area contributed by atoms with E-state index in [0.717, 1.165) is 36.9 Å². The molecule has 1 amide bonds. The highest BCUT2D eigenvalue weighted by molar-refractivity contribution is 5.79. The molecule has 6 heteroatoms. The molecule has 2 bridgehead atoms. The lowest BCUT2D eigenvalue weighted by molar-refractivity contribution is -0.215. The number of rotatable bonds is 5. The molecule has 2 aliphatic rings. The van der Waals surface area contributed by atoms with Crippen molar-refractivity contribution in [2.45, 2.75) is 83.0 Å². The van der Waals surface area contributed by atoms with E-state index in [-0.39, 0.29) is 23.8 Å². The number of aromatic nitrogens is 1. The molecule has 1 aromatic heterocycles. The van der Waals surface area contributed by atoms with Crippen molar-refractivity contribution in [1.82, 2.24) is 10.5 Å². The molecule has 1 aromatic carbocycles. The van der Waals surface area contributed by atoms with Gasteiger partial charge in [0.2, 0.25) is 5.91 Å². The van der Waals surface area contributed by atoms with Gasteiger partial charge in [0.25, 0.3) is 0 Å². The van der Waals surface area contributed by atoms with Gasteiger partial charge in [-0.3, -0.25) is 4.79 Å². The van der Waals surface area contributed by atoms with Crippen LogP contribution < -0.4 is 5.32 Å². The van der Waals surface area contributed by atoms with E-state index in [1.54, 1.807) is 0 Å². The van der Waals surface area contributed by atoms with Crippen LogP contribution in [0, 0.1) is 19.8 Å². The van der Waals surface area contributed by atoms with Gasteiger partial charge in [-0.05, 0) is 64.9 Å². The number of fused-ring (bicyclic) bond motifs is 2. The summed E-state index contributed by atoms with van der Waals surface area (Å²) in [5.74, 6) is 0.910. The number of aliphatic hydroxyl groups excluding tert-OH is 1. The molecule has 168 valence electrons. The van der Waals surface area contributed by atoms with Crippen LogP contribution in [0.2, 0.25) is 0 Å². The Bertz CT molecular complexity index is 907. The maximum Gasteiger partial charge on any atom is 0.224 e. The minimum atomic E-state index is -0.639. The Hall–Kier alpha value is -2.18. The Labute approximate surface area is 184 Å². The Morgan fingerprint density at radius 1 is 1.23 bits per heavy atom. The molecule has 0 radical (unpaired) electrons. The minimum absolute atomic E-state index is 0.0463. The van der Waals surface area contributed by atoms with Gasteiger partial charge in [0.1, 0.15) is 5.76 Å². The lowest BCUT2D eigenvalue weighted by Crippen LogP contribution is -2.54. The maximum atomic E-state index is 12.6. The Balaban J connectivity index is 1.45. The number of nitrogens with zero attached hydrogens (tertiary/aromatic N) is 1. The number of carbonyl (C=O) groups is 1. The number of aryl methyl sites for hydroxylation is 2. The second-order valence-corrected chi connectivity index (χ2v) is 9.91. The lowest BCUT2D eigenvalue weighted by atomic mass is 9.74. The van der Waals surface area contributed by atoms with E-state index in [4.69, 9.17) is 9.26 Å². The van der Waals surface area contributed by atoms with Crippen molar-refractivity contribution in [3.05, 3.63) is 52.9 Å². The largest absolute Gasteiger partial charge is 0.390 e. The van der Waals surface area contributed by atoms with Crippen LogP contribution in [0.25, 0.3) is 0 Å². The highest BCUT2D eigenvalue weighted by Crippen LogP contribution is 2.50. The Kier molecular flexibility index (Phi) is 5.97. The van der Waals surface area contributed by atoms with E-state index in [0.29, 0.717) is 18.2 Å². The fraction of sp³-hybridized carbons (Fsp3) is 0.600. The Morgan fingerprint density at radius 2 is 1.97 bits per heavy atom. The summed E-state index contributed by atoms with van der Waals surface area (Å²) >= 11 is 0. The summed E-state index contributed by atoms with van der Waals surface area (Å²) in [6, 6.07) is 10.5. The predicted molar refractivity (Wildman–Crippen MR) is 118 cm³/mol. The summed E-state index contributed by atoms with van der Waals surface area (Å²) in [5, 5.41) is 18.3. The summed E-state index contributed by atoms with van der Waals surface area (Å²) in [4.78, 5) is 12.6. The molecule has 2 aromatic rings. The van der Waals surface area contributed by atoms with Crippen molar-refractivity contribution in [3.8, 4) is 0 Å². The van der Waals surface area contributed by atoms with E-state index in [9.17, 15) is 9.90 Å². The predicted octanol–water partition coefficient (Wildman–Crippen LogP) is 3.83. The molecule has 5 atom stereocenters. The van der Waals surface area contributed by atoms with Crippen molar-refractivity contribution >= 4 is 5.91 Å². The van der Waals surface area contributed by atoms with E-state index >= 15 is 0 Å². The summed E-state index contributed by atoms with van der Waals surface area (Å²) in [6.07, 6.45) is 3.02. The number of amides is 1. The first-order valence-electron chi connectivity index (χ1n) is 11.3. The van der Waals surface area contributed by atoms with Crippen LogP contribution in [0.5, 0.6) is 0 Å². The molecule has 0 saturated carbocycles. The zero-order valence-electron chi connectivity index (χ0n) is 19.0. The number of ether oxygens (including phenoxy) is 1. The summed E-state index contributed by atoms with van der Waals surface area (Å²) in [5.41, 5.74) is 1.98. The smallest absolute Gasteiger partial charge is 0.224 e. The van der Waals surface area contributed by atoms with Crippen molar-refractivity contribution < 1.29 is 19.2 Å². The first-order valence-corrected chi connectivity index (χ1v) is 11.3. The number of carbonyl (C=O) groups excluding carboxylic acids is 1. The zero-order chi connectivity index (χ0) is 22.2. The van der Waals surface area contributed by atoms with Gasteiger partial charge in [-0.25, -0.2) is 0 Å². The number of nitrogens with one attached hydrogen (secondary N) is 1. The van der Waals surface area contributed by atoms with Crippen LogP contribution >= 0.6 is 0 Å². The second kappa shape index (κ2) is 8.40. The number of hydrogen-bond acceptors (Lipinski definition) is 5. The molecular weight excluding hydrogens is 392 g/mol. The highest BCUT2D eigenvalue weighted by atomic mass is 16.5. The average molecular weight is 427 g/mol. The quantitative estimate of drug-likeness (QED) is 0.759.